The lowest BCUT2D eigenvalue weighted by Crippen LogP contribution is -2.18. The first-order valence-corrected chi connectivity index (χ1v) is 5.08. The Kier molecular flexibility index (Phi) is 2.49. The van der Waals surface area contributed by atoms with Crippen molar-refractivity contribution in [2.75, 3.05) is 7.11 Å². The zero-order valence-corrected chi connectivity index (χ0v) is 10.1. The number of hydrogen-bond donors (Lipinski definition) is 0. The first kappa shape index (κ1) is 11.4. The van der Waals surface area contributed by atoms with Crippen LogP contribution in [0.2, 0.25) is 0 Å². The molecule has 0 aromatic carbocycles. The number of hydrogen-bond acceptors (Lipinski definition) is 4. The zero-order valence-electron chi connectivity index (χ0n) is 10.1. The highest BCUT2D eigenvalue weighted by atomic mass is 16.5. The molecule has 0 atom stereocenters. The normalized spacial score (nSPS) is 10.8. The molecule has 6 heteroatoms. The summed E-state index contributed by atoms with van der Waals surface area (Å²) in [5, 5.41) is 4.36. The number of carbonyl (C=O) groups excluding carboxylic acids is 1. The Morgan fingerprint density at radius 3 is 2.65 bits per heavy atom. The second-order valence-corrected chi connectivity index (χ2v) is 3.92. The number of methoxy groups -OCH3 is 1. The fourth-order valence-corrected chi connectivity index (χ4v) is 2.01. The molecule has 0 bridgehead atoms. The molecule has 0 aliphatic heterocycles. The number of pyridine rings is 1. The van der Waals surface area contributed by atoms with Gasteiger partial charge in [0.05, 0.1) is 12.6 Å². The largest absolute Gasteiger partial charge is 0.464 e. The second kappa shape index (κ2) is 3.73. The van der Waals surface area contributed by atoms with Gasteiger partial charge in [-0.3, -0.25) is 9.48 Å². The van der Waals surface area contributed by atoms with E-state index in [-0.39, 0.29) is 11.3 Å². The third-order valence-corrected chi connectivity index (χ3v) is 2.72. The molecule has 6 nitrogen and oxygen atoms in total. The Bertz CT molecular complexity index is 667. The average molecular weight is 235 g/mol. The van der Waals surface area contributed by atoms with E-state index in [9.17, 15) is 9.59 Å². The standard InChI is InChI=1S/C11H13N3O3/c1-6-5-13(2)10(15)7-8(11(16)17-4)12-14(3)9(6)7/h5H,1-4H3. The minimum atomic E-state index is -0.599. The maximum Gasteiger partial charge on any atom is 0.359 e. The van der Waals surface area contributed by atoms with Crippen LogP contribution in [-0.4, -0.2) is 27.4 Å². The molecule has 0 saturated heterocycles. The Labute approximate surface area is 97.4 Å². The van der Waals surface area contributed by atoms with Gasteiger partial charge in [0, 0.05) is 20.3 Å². The van der Waals surface area contributed by atoms with Crippen molar-refractivity contribution in [2.45, 2.75) is 6.92 Å². The summed E-state index contributed by atoms with van der Waals surface area (Å²) in [6.07, 6.45) is 1.72. The third kappa shape index (κ3) is 1.52. The van der Waals surface area contributed by atoms with Crippen molar-refractivity contribution >= 4 is 16.9 Å². The highest BCUT2D eigenvalue weighted by Crippen LogP contribution is 2.18. The summed E-state index contributed by atoms with van der Waals surface area (Å²) in [6.45, 7) is 1.87. The van der Waals surface area contributed by atoms with Crippen molar-refractivity contribution in [3.63, 3.8) is 0 Å². The molecule has 2 rings (SSSR count). The molecule has 90 valence electrons. The molecule has 0 spiro atoms. The number of aromatic nitrogens is 3. The molecule has 17 heavy (non-hydrogen) atoms. The van der Waals surface area contributed by atoms with E-state index in [0.717, 1.165) is 5.56 Å². The van der Waals surface area contributed by atoms with Crippen LogP contribution in [0.15, 0.2) is 11.0 Å². The Hall–Kier alpha value is -2.11. The Balaban J connectivity index is 2.99. The average Bonchev–Trinajstić information content (AvgIpc) is 2.63. The van der Waals surface area contributed by atoms with Gasteiger partial charge >= 0.3 is 5.97 Å². The molecule has 0 unspecified atom stereocenters. The number of aryl methyl sites for hydroxylation is 3. The van der Waals surface area contributed by atoms with E-state index in [1.165, 1.54) is 16.4 Å². The highest BCUT2D eigenvalue weighted by Gasteiger charge is 2.21. The summed E-state index contributed by atoms with van der Waals surface area (Å²) in [7, 11) is 4.60. The van der Waals surface area contributed by atoms with Crippen molar-refractivity contribution in [1.29, 1.82) is 0 Å². The molecule has 0 fully saturated rings. The number of esters is 1. The molecule has 2 heterocycles. The number of fused-ring (bicyclic) bond motifs is 1. The van der Waals surface area contributed by atoms with Crippen molar-refractivity contribution in [1.82, 2.24) is 14.3 Å². The summed E-state index contributed by atoms with van der Waals surface area (Å²) >= 11 is 0. The number of nitrogens with zero attached hydrogens (tertiary/aromatic N) is 3. The van der Waals surface area contributed by atoms with Crippen LogP contribution in [0.4, 0.5) is 0 Å². The molecule has 0 amide bonds. The maximum atomic E-state index is 12.0. The molecular weight excluding hydrogens is 222 g/mol. The molecule has 2 aromatic rings. The van der Waals surface area contributed by atoms with E-state index in [0.29, 0.717) is 10.9 Å². The van der Waals surface area contributed by atoms with Gasteiger partial charge in [-0.25, -0.2) is 4.79 Å². The summed E-state index contributed by atoms with van der Waals surface area (Å²) < 4.78 is 7.59. The van der Waals surface area contributed by atoms with Gasteiger partial charge in [0.2, 0.25) is 0 Å². The van der Waals surface area contributed by atoms with Crippen LogP contribution in [0.5, 0.6) is 0 Å². The SMILES string of the molecule is COC(=O)c1nn(C)c2c(C)cn(C)c(=O)c12. The van der Waals surface area contributed by atoms with Crippen molar-refractivity contribution < 1.29 is 9.53 Å². The molecular formula is C11H13N3O3. The van der Waals surface area contributed by atoms with E-state index in [1.54, 1.807) is 20.3 Å². The highest BCUT2D eigenvalue weighted by molar-refractivity contribution is 6.02. The Morgan fingerprint density at radius 2 is 2.06 bits per heavy atom. The predicted molar refractivity (Wildman–Crippen MR) is 62.0 cm³/mol. The van der Waals surface area contributed by atoms with Crippen LogP contribution in [0.1, 0.15) is 16.1 Å². The minimum absolute atomic E-state index is 0.0642. The second-order valence-electron chi connectivity index (χ2n) is 3.92. The zero-order chi connectivity index (χ0) is 12.7. The lowest BCUT2D eigenvalue weighted by atomic mass is 10.2. The lowest BCUT2D eigenvalue weighted by molar-refractivity contribution is 0.0595. The molecule has 0 aliphatic carbocycles. The van der Waals surface area contributed by atoms with Gasteiger partial charge in [-0.2, -0.15) is 5.10 Å². The third-order valence-electron chi connectivity index (χ3n) is 2.72. The maximum absolute atomic E-state index is 12.0. The predicted octanol–water partition coefficient (Wildman–Crippen LogP) is 0.367. The minimum Gasteiger partial charge on any atom is -0.464 e. The summed E-state index contributed by atoms with van der Waals surface area (Å²) in [6, 6.07) is 0. The monoisotopic (exact) mass is 235 g/mol. The number of ether oxygens (including phenoxy) is 1. The van der Waals surface area contributed by atoms with Crippen molar-refractivity contribution in [3.8, 4) is 0 Å². The molecule has 0 N–H and O–H groups in total. The van der Waals surface area contributed by atoms with Crippen LogP contribution < -0.4 is 5.56 Å². The topological polar surface area (TPSA) is 66.1 Å². The first-order valence-electron chi connectivity index (χ1n) is 5.08. The van der Waals surface area contributed by atoms with E-state index >= 15 is 0 Å². The molecule has 0 radical (unpaired) electrons. The summed E-state index contributed by atoms with van der Waals surface area (Å²) in [5.74, 6) is -0.599. The molecule has 2 aromatic heterocycles. The van der Waals surface area contributed by atoms with Gasteiger partial charge in [0.15, 0.2) is 5.69 Å². The van der Waals surface area contributed by atoms with Crippen LogP contribution in [0.25, 0.3) is 10.9 Å². The summed E-state index contributed by atoms with van der Waals surface area (Å²) in [4.78, 5) is 23.6. The molecule has 0 saturated carbocycles. The smallest absolute Gasteiger partial charge is 0.359 e. The van der Waals surface area contributed by atoms with Gasteiger partial charge in [-0.05, 0) is 12.5 Å². The number of rotatable bonds is 1. The van der Waals surface area contributed by atoms with Gasteiger partial charge in [0.1, 0.15) is 5.39 Å². The lowest BCUT2D eigenvalue weighted by Gasteiger charge is -2.02. The van der Waals surface area contributed by atoms with Gasteiger partial charge in [-0.1, -0.05) is 0 Å². The fourth-order valence-electron chi connectivity index (χ4n) is 2.01. The molecule has 0 aliphatic rings. The van der Waals surface area contributed by atoms with E-state index in [4.69, 9.17) is 0 Å². The quantitative estimate of drug-likeness (QED) is 0.670. The van der Waals surface area contributed by atoms with Gasteiger partial charge in [0.25, 0.3) is 5.56 Å². The Morgan fingerprint density at radius 1 is 1.41 bits per heavy atom. The van der Waals surface area contributed by atoms with E-state index < -0.39 is 5.97 Å². The van der Waals surface area contributed by atoms with Gasteiger partial charge < -0.3 is 9.30 Å². The van der Waals surface area contributed by atoms with Crippen molar-refractivity contribution in [2.24, 2.45) is 14.1 Å². The number of carbonyl (C=O) groups is 1. The van der Waals surface area contributed by atoms with Crippen LogP contribution in [0.3, 0.4) is 0 Å². The van der Waals surface area contributed by atoms with Gasteiger partial charge in [-0.15, -0.1) is 0 Å². The first-order chi connectivity index (χ1) is 7.97. The van der Waals surface area contributed by atoms with Crippen LogP contribution in [-0.2, 0) is 18.8 Å². The summed E-state index contributed by atoms with van der Waals surface area (Å²) in [5.41, 5.74) is 1.36. The van der Waals surface area contributed by atoms with E-state index in [1.807, 2.05) is 6.92 Å². The van der Waals surface area contributed by atoms with Crippen molar-refractivity contribution in [3.05, 3.63) is 27.8 Å². The fraction of sp³-hybridized carbons (Fsp3) is 0.364. The van der Waals surface area contributed by atoms with E-state index in [2.05, 4.69) is 9.84 Å². The van der Waals surface area contributed by atoms with Crippen LogP contribution in [0, 0.1) is 6.92 Å². The van der Waals surface area contributed by atoms with Crippen LogP contribution >= 0.6 is 0 Å².